The standard InChI is InChI=1S/C13H13N3O2/c1-9-7-11(3-4-12(17)18)8-15-13(9)16-6-5-14-10(16)2/h3-8H,1-2H3,(H,17,18)/b4-3+. The number of pyridine rings is 1. The van der Waals surface area contributed by atoms with E-state index in [0.29, 0.717) is 0 Å². The molecule has 0 spiro atoms. The Kier molecular flexibility index (Phi) is 3.23. The molecule has 18 heavy (non-hydrogen) atoms. The van der Waals surface area contributed by atoms with Gasteiger partial charge in [0, 0.05) is 24.7 Å². The van der Waals surface area contributed by atoms with Gasteiger partial charge in [-0.15, -0.1) is 0 Å². The highest BCUT2D eigenvalue weighted by Gasteiger charge is 2.05. The monoisotopic (exact) mass is 243 g/mol. The van der Waals surface area contributed by atoms with E-state index in [-0.39, 0.29) is 0 Å². The molecule has 5 nitrogen and oxygen atoms in total. The number of aryl methyl sites for hydroxylation is 2. The molecule has 0 unspecified atom stereocenters. The molecule has 0 saturated heterocycles. The van der Waals surface area contributed by atoms with Gasteiger partial charge >= 0.3 is 5.97 Å². The second kappa shape index (κ2) is 4.83. The van der Waals surface area contributed by atoms with Gasteiger partial charge in [-0.05, 0) is 37.1 Å². The predicted octanol–water partition coefficient (Wildman–Crippen LogP) is 1.98. The minimum Gasteiger partial charge on any atom is -0.478 e. The fourth-order valence-electron chi connectivity index (χ4n) is 1.70. The number of carboxylic acids is 1. The highest BCUT2D eigenvalue weighted by Crippen LogP contribution is 2.15. The van der Waals surface area contributed by atoms with E-state index in [1.54, 1.807) is 12.4 Å². The van der Waals surface area contributed by atoms with Crippen LogP contribution in [-0.4, -0.2) is 25.6 Å². The van der Waals surface area contributed by atoms with Crippen molar-refractivity contribution < 1.29 is 9.90 Å². The lowest BCUT2D eigenvalue weighted by molar-refractivity contribution is -0.131. The van der Waals surface area contributed by atoms with Gasteiger partial charge in [-0.1, -0.05) is 0 Å². The second-order valence-corrected chi connectivity index (χ2v) is 3.93. The van der Waals surface area contributed by atoms with Crippen LogP contribution in [0, 0.1) is 13.8 Å². The topological polar surface area (TPSA) is 68.0 Å². The molecule has 0 aliphatic heterocycles. The molecule has 0 saturated carbocycles. The average Bonchev–Trinajstić information content (AvgIpc) is 2.73. The third-order valence-corrected chi connectivity index (χ3v) is 2.54. The van der Waals surface area contributed by atoms with Gasteiger partial charge in [0.05, 0.1) is 0 Å². The highest BCUT2D eigenvalue weighted by atomic mass is 16.4. The van der Waals surface area contributed by atoms with Gasteiger partial charge in [0.25, 0.3) is 0 Å². The fourth-order valence-corrected chi connectivity index (χ4v) is 1.70. The van der Waals surface area contributed by atoms with Gasteiger partial charge < -0.3 is 5.11 Å². The SMILES string of the molecule is Cc1cc(/C=C/C(=O)O)cnc1-n1ccnc1C. The van der Waals surface area contributed by atoms with Crippen LogP contribution >= 0.6 is 0 Å². The van der Waals surface area contributed by atoms with Crippen molar-refractivity contribution in [3.63, 3.8) is 0 Å². The normalized spacial score (nSPS) is 11.0. The highest BCUT2D eigenvalue weighted by molar-refractivity contribution is 5.85. The molecule has 0 aliphatic rings. The molecule has 0 aliphatic carbocycles. The number of nitrogens with zero attached hydrogens (tertiary/aromatic N) is 3. The third kappa shape index (κ3) is 2.45. The molecular weight excluding hydrogens is 230 g/mol. The zero-order chi connectivity index (χ0) is 13.1. The van der Waals surface area contributed by atoms with Crippen LogP contribution in [-0.2, 0) is 4.79 Å². The quantitative estimate of drug-likeness (QED) is 0.837. The summed E-state index contributed by atoms with van der Waals surface area (Å²) in [5.74, 6) is 0.694. The van der Waals surface area contributed by atoms with Gasteiger partial charge in [0.15, 0.2) is 0 Å². The van der Waals surface area contributed by atoms with Crippen molar-refractivity contribution in [2.75, 3.05) is 0 Å². The van der Waals surface area contributed by atoms with E-state index in [9.17, 15) is 4.79 Å². The maximum atomic E-state index is 10.4. The number of carboxylic acid groups (broad SMARTS) is 1. The molecule has 2 aromatic heterocycles. The van der Waals surface area contributed by atoms with Crippen LogP contribution in [0.5, 0.6) is 0 Å². The summed E-state index contributed by atoms with van der Waals surface area (Å²) in [6, 6.07) is 1.89. The Hall–Kier alpha value is -2.43. The number of aromatic nitrogens is 3. The van der Waals surface area contributed by atoms with Crippen molar-refractivity contribution in [3.05, 3.63) is 47.7 Å². The number of imidazole rings is 1. The van der Waals surface area contributed by atoms with Gasteiger partial charge in [-0.25, -0.2) is 14.8 Å². The molecule has 5 heteroatoms. The Bertz CT molecular complexity index is 614. The zero-order valence-corrected chi connectivity index (χ0v) is 10.2. The van der Waals surface area contributed by atoms with Crippen LogP contribution in [0.3, 0.4) is 0 Å². The van der Waals surface area contributed by atoms with Crippen molar-refractivity contribution in [1.29, 1.82) is 0 Å². The Balaban J connectivity index is 2.37. The van der Waals surface area contributed by atoms with Crippen LogP contribution in [0.15, 0.2) is 30.7 Å². The van der Waals surface area contributed by atoms with Crippen LogP contribution in [0.2, 0.25) is 0 Å². The number of aliphatic carboxylic acids is 1. The molecule has 2 heterocycles. The van der Waals surface area contributed by atoms with E-state index in [4.69, 9.17) is 5.11 Å². The molecule has 2 rings (SSSR count). The lowest BCUT2D eigenvalue weighted by Crippen LogP contribution is -2.01. The smallest absolute Gasteiger partial charge is 0.328 e. The van der Waals surface area contributed by atoms with E-state index < -0.39 is 5.97 Å². The van der Waals surface area contributed by atoms with E-state index in [1.807, 2.05) is 30.7 Å². The lowest BCUT2D eigenvalue weighted by atomic mass is 10.2. The first-order chi connectivity index (χ1) is 8.58. The molecular formula is C13H13N3O2. The molecule has 0 radical (unpaired) electrons. The Labute approximate surface area is 104 Å². The summed E-state index contributed by atoms with van der Waals surface area (Å²) >= 11 is 0. The summed E-state index contributed by atoms with van der Waals surface area (Å²) in [6.45, 7) is 3.83. The fraction of sp³-hybridized carbons (Fsp3) is 0.154. The molecule has 0 fully saturated rings. The van der Waals surface area contributed by atoms with E-state index in [0.717, 1.165) is 28.8 Å². The molecule has 1 N–H and O–H groups in total. The minimum absolute atomic E-state index is 0.761. The van der Waals surface area contributed by atoms with E-state index in [1.165, 1.54) is 6.08 Å². The Morgan fingerprint density at radius 3 is 2.72 bits per heavy atom. The first-order valence-corrected chi connectivity index (χ1v) is 5.46. The van der Waals surface area contributed by atoms with Crippen LogP contribution in [0.1, 0.15) is 17.0 Å². The zero-order valence-electron chi connectivity index (χ0n) is 10.2. The summed E-state index contributed by atoms with van der Waals surface area (Å²) in [4.78, 5) is 18.9. The summed E-state index contributed by atoms with van der Waals surface area (Å²) < 4.78 is 1.89. The average molecular weight is 243 g/mol. The predicted molar refractivity (Wildman–Crippen MR) is 67.5 cm³/mol. The molecule has 2 aromatic rings. The molecule has 92 valence electrons. The summed E-state index contributed by atoms with van der Waals surface area (Å²) in [5, 5.41) is 8.57. The maximum Gasteiger partial charge on any atom is 0.328 e. The van der Waals surface area contributed by atoms with Gasteiger partial charge in [-0.2, -0.15) is 0 Å². The van der Waals surface area contributed by atoms with Crippen molar-refractivity contribution in [2.24, 2.45) is 0 Å². The summed E-state index contributed by atoms with van der Waals surface area (Å²) in [5.41, 5.74) is 1.72. The van der Waals surface area contributed by atoms with Crippen LogP contribution in [0.4, 0.5) is 0 Å². The summed E-state index contributed by atoms with van der Waals surface area (Å²) in [6.07, 6.45) is 7.82. The van der Waals surface area contributed by atoms with Crippen molar-refractivity contribution >= 4 is 12.0 Å². The minimum atomic E-state index is -0.970. The van der Waals surface area contributed by atoms with Gasteiger partial charge in [0.2, 0.25) is 0 Å². The molecule has 0 amide bonds. The van der Waals surface area contributed by atoms with E-state index >= 15 is 0 Å². The number of hydrogen-bond acceptors (Lipinski definition) is 3. The van der Waals surface area contributed by atoms with Crippen molar-refractivity contribution in [2.45, 2.75) is 13.8 Å². The summed E-state index contributed by atoms with van der Waals surface area (Å²) in [7, 11) is 0. The van der Waals surface area contributed by atoms with E-state index in [2.05, 4.69) is 9.97 Å². The first-order valence-electron chi connectivity index (χ1n) is 5.46. The third-order valence-electron chi connectivity index (χ3n) is 2.54. The lowest BCUT2D eigenvalue weighted by Gasteiger charge is -2.08. The second-order valence-electron chi connectivity index (χ2n) is 3.93. The van der Waals surface area contributed by atoms with Crippen molar-refractivity contribution in [1.82, 2.24) is 14.5 Å². The number of hydrogen-bond donors (Lipinski definition) is 1. The van der Waals surface area contributed by atoms with Crippen LogP contribution < -0.4 is 0 Å². The van der Waals surface area contributed by atoms with Crippen molar-refractivity contribution in [3.8, 4) is 5.82 Å². The van der Waals surface area contributed by atoms with Crippen LogP contribution in [0.25, 0.3) is 11.9 Å². The number of carbonyl (C=O) groups is 1. The van der Waals surface area contributed by atoms with Gasteiger partial charge in [0.1, 0.15) is 11.6 Å². The first kappa shape index (κ1) is 12.0. The van der Waals surface area contributed by atoms with Gasteiger partial charge in [-0.3, -0.25) is 4.57 Å². The Morgan fingerprint density at radius 1 is 1.39 bits per heavy atom. The maximum absolute atomic E-state index is 10.4. The molecule has 0 aromatic carbocycles. The molecule has 0 bridgehead atoms. The Morgan fingerprint density at radius 2 is 2.17 bits per heavy atom. The number of rotatable bonds is 3. The largest absolute Gasteiger partial charge is 0.478 e. The molecule has 0 atom stereocenters.